The number of thiophene rings is 1. The number of esters is 1. The number of piperazine rings is 1. The van der Waals surface area contributed by atoms with Gasteiger partial charge in [-0.15, -0.1) is 11.3 Å². The number of anilines is 1. The van der Waals surface area contributed by atoms with Crippen LogP contribution in [0.2, 0.25) is 0 Å². The van der Waals surface area contributed by atoms with Crippen LogP contribution in [0, 0.1) is 0 Å². The summed E-state index contributed by atoms with van der Waals surface area (Å²) in [5.74, 6) is 0.311. The predicted molar refractivity (Wildman–Crippen MR) is 113 cm³/mol. The first-order valence-corrected chi connectivity index (χ1v) is 10.8. The van der Waals surface area contributed by atoms with Gasteiger partial charge in [-0.3, -0.25) is 4.90 Å². The summed E-state index contributed by atoms with van der Waals surface area (Å²) in [4.78, 5) is 39.0. The average molecular weight is 429 g/mol. The molecule has 10 heteroatoms. The van der Waals surface area contributed by atoms with Crippen molar-refractivity contribution >= 4 is 29.3 Å². The van der Waals surface area contributed by atoms with Gasteiger partial charge in [0.2, 0.25) is 5.95 Å². The molecule has 2 aliphatic heterocycles. The van der Waals surface area contributed by atoms with Gasteiger partial charge < -0.3 is 20.3 Å². The van der Waals surface area contributed by atoms with Gasteiger partial charge >= 0.3 is 12.0 Å². The van der Waals surface area contributed by atoms with E-state index in [4.69, 9.17) is 4.74 Å². The van der Waals surface area contributed by atoms with Crippen LogP contribution in [0.15, 0.2) is 47.2 Å². The second kappa shape index (κ2) is 9.23. The van der Waals surface area contributed by atoms with Crippen LogP contribution in [-0.2, 0) is 9.53 Å². The maximum absolute atomic E-state index is 12.8. The summed E-state index contributed by atoms with van der Waals surface area (Å²) in [6.07, 6.45) is 3.47. The SMILES string of the molecule is CCOC(=O)C1=C(CN2CCN(c3ncccn3)CC2)NC(=O)N[C@@H]1c1cccs1. The lowest BCUT2D eigenvalue weighted by Gasteiger charge is -2.36. The third-order valence-electron chi connectivity index (χ3n) is 5.07. The fourth-order valence-corrected chi connectivity index (χ4v) is 4.43. The molecule has 0 aliphatic carbocycles. The topological polar surface area (TPSA) is 99.7 Å². The zero-order valence-corrected chi connectivity index (χ0v) is 17.5. The summed E-state index contributed by atoms with van der Waals surface area (Å²) in [7, 11) is 0. The van der Waals surface area contributed by atoms with Gasteiger partial charge in [-0.1, -0.05) is 6.07 Å². The fraction of sp³-hybridized carbons (Fsp3) is 0.400. The Kier molecular flexibility index (Phi) is 6.24. The molecule has 2 aromatic heterocycles. The third-order valence-corrected chi connectivity index (χ3v) is 6.00. The summed E-state index contributed by atoms with van der Waals surface area (Å²) in [5.41, 5.74) is 1.06. The summed E-state index contributed by atoms with van der Waals surface area (Å²) >= 11 is 1.50. The minimum atomic E-state index is -0.508. The highest BCUT2D eigenvalue weighted by atomic mass is 32.1. The van der Waals surface area contributed by atoms with Gasteiger partial charge in [0.05, 0.1) is 18.2 Å². The summed E-state index contributed by atoms with van der Waals surface area (Å²) in [6.45, 7) is 5.59. The molecule has 1 fully saturated rings. The van der Waals surface area contributed by atoms with Gasteiger partial charge in [-0.05, 0) is 24.4 Å². The smallest absolute Gasteiger partial charge is 0.338 e. The van der Waals surface area contributed by atoms with Gasteiger partial charge in [0, 0.05) is 55.7 Å². The molecule has 4 heterocycles. The van der Waals surface area contributed by atoms with E-state index in [0.717, 1.165) is 37.0 Å². The van der Waals surface area contributed by atoms with E-state index >= 15 is 0 Å². The van der Waals surface area contributed by atoms with Gasteiger partial charge in [0.15, 0.2) is 0 Å². The Bertz CT molecular complexity index is 910. The lowest BCUT2D eigenvalue weighted by atomic mass is 10.0. The number of aromatic nitrogens is 2. The van der Waals surface area contributed by atoms with E-state index < -0.39 is 12.0 Å². The highest BCUT2D eigenvalue weighted by Crippen LogP contribution is 2.31. The number of rotatable bonds is 6. The van der Waals surface area contributed by atoms with Crippen molar-refractivity contribution in [1.29, 1.82) is 0 Å². The summed E-state index contributed by atoms with van der Waals surface area (Å²) < 4.78 is 5.31. The Hall–Kier alpha value is -2.98. The van der Waals surface area contributed by atoms with E-state index in [2.05, 4.69) is 30.4 Å². The molecule has 4 rings (SSSR count). The molecule has 0 unspecified atom stereocenters. The van der Waals surface area contributed by atoms with Crippen LogP contribution in [-0.4, -0.2) is 66.2 Å². The molecule has 0 saturated carbocycles. The largest absolute Gasteiger partial charge is 0.463 e. The van der Waals surface area contributed by atoms with Gasteiger partial charge in [0.1, 0.15) is 0 Å². The number of hydrogen-bond acceptors (Lipinski definition) is 8. The molecule has 30 heavy (non-hydrogen) atoms. The van der Waals surface area contributed by atoms with Crippen molar-refractivity contribution < 1.29 is 14.3 Å². The van der Waals surface area contributed by atoms with Crippen LogP contribution in [0.5, 0.6) is 0 Å². The summed E-state index contributed by atoms with van der Waals surface area (Å²) in [6, 6.07) is 4.80. The molecule has 0 spiro atoms. The number of amides is 2. The van der Waals surface area contributed by atoms with Crippen LogP contribution in [0.1, 0.15) is 17.8 Å². The van der Waals surface area contributed by atoms with E-state index in [-0.39, 0.29) is 12.6 Å². The van der Waals surface area contributed by atoms with Crippen LogP contribution in [0.4, 0.5) is 10.7 Å². The molecular formula is C20H24N6O3S. The highest BCUT2D eigenvalue weighted by molar-refractivity contribution is 7.10. The number of nitrogens with zero attached hydrogens (tertiary/aromatic N) is 4. The second-order valence-electron chi connectivity index (χ2n) is 6.97. The number of nitrogens with one attached hydrogen (secondary N) is 2. The molecule has 2 amide bonds. The maximum atomic E-state index is 12.8. The number of hydrogen-bond donors (Lipinski definition) is 2. The summed E-state index contributed by atoms with van der Waals surface area (Å²) in [5, 5.41) is 7.63. The molecule has 2 aliphatic rings. The van der Waals surface area contributed by atoms with Crippen molar-refractivity contribution in [1.82, 2.24) is 25.5 Å². The van der Waals surface area contributed by atoms with Crippen molar-refractivity contribution in [3.63, 3.8) is 0 Å². The van der Waals surface area contributed by atoms with Gasteiger partial charge in [-0.2, -0.15) is 0 Å². The van der Waals surface area contributed by atoms with Crippen molar-refractivity contribution in [2.75, 3.05) is 44.2 Å². The molecule has 2 N–H and O–H groups in total. The first-order chi connectivity index (χ1) is 14.7. The first-order valence-electron chi connectivity index (χ1n) is 9.91. The van der Waals surface area contributed by atoms with Gasteiger partial charge in [0.25, 0.3) is 0 Å². The second-order valence-corrected chi connectivity index (χ2v) is 7.95. The van der Waals surface area contributed by atoms with E-state index in [1.807, 2.05) is 17.5 Å². The minimum absolute atomic E-state index is 0.274. The zero-order chi connectivity index (χ0) is 20.9. The average Bonchev–Trinajstić information content (AvgIpc) is 3.29. The predicted octanol–water partition coefficient (Wildman–Crippen LogP) is 1.53. The van der Waals surface area contributed by atoms with Crippen LogP contribution in [0.3, 0.4) is 0 Å². The highest BCUT2D eigenvalue weighted by Gasteiger charge is 2.35. The molecule has 0 radical (unpaired) electrons. The maximum Gasteiger partial charge on any atom is 0.338 e. The van der Waals surface area contributed by atoms with Crippen LogP contribution < -0.4 is 15.5 Å². The monoisotopic (exact) mass is 428 g/mol. The fourth-order valence-electron chi connectivity index (χ4n) is 3.65. The quantitative estimate of drug-likeness (QED) is 0.673. The molecule has 0 aromatic carbocycles. The standard InChI is InChI=1S/C20H24N6O3S/c1-2-29-18(27)16-14(23-20(28)24-17(16)15-5-3-12-30-15)13-25-8-10-26(11-9-25)19-21-6-4-7-22-19/h3-7,12,17H,2,8-11,13H2,1H3,(H2,23,24,28)/t17-/m1/s1. The molecule has 0 bridgehead atoms. The molecule has 2 aromatic rings. The van der Waals surface area contributed by atoms with Gasteiger partial charge in [-0.25, -0.2) is 19.6 Å². The minimum Gasteiger partial charge on any atom is -0.463 e. The number of urea groups is 1. The molecule has 9 nitrogen and oxygen atoms in total. The van der Waals surface area contributed by atoms with Crippen molar-refractivity contribution in [2.45, 2.75) is 13.0 Å². The van der Waals surface area contributed by atoms with Crippen molar-refractivity contribution in [3.8, 4) is 0 Å². The van der Waals surface area contributed by atoms with E-state index in [0.29, 0.717) is 17.8 Å². The van der Waals surface area contributed by atoms with Crippen molar-refractivity contribution in [2.24, 2.45) is 0 Å². The van der Waals surface area contributed by atoms with Crippen LogP contribution in [0.25, 0.3) is 0 Å². The third kappa shape index (κ3) is 4.44. The Balaban J connectivity index is 1.53. The zero-order valence-electron chi connectivity index (χ0n) is 16.7. The molecule has 1 saturated heterocycles. The van der Waals surface area contributed by atoms with E-state index in [1.54, 1.807) is 25.4 Å². The van der Waals surface area contributed by atoms with Crippen molar-refractivity contribution in [3.05, 3.63) is 52.1 Å². The van der Waals surface area contributed by atoms with E-state index in [9.17, 15) is 9.59 Å². The van der Waals surface area contributed by atoms with Crippen LogP contribution >= 0.6 is 11.3 Å². The Morgan fingerprint density at radius 3 is 2.67 bits per heavy atom. The Labute approximate surface area is 178 Å². The Morgan fingerprint density at radius 1 is 1.23 bits per heavy atom. The lowest BCUT2D eigenvalue weighted by Crippen LogP contribution is -2.52. The first kappa shape index (κ1) is 20.3. The normalized spacial score (nSPS) is 20.0. The Morgan fingerprint density at radius 2 is 2.00 bits per heavy atom. The number of ether oxygens (including phenoxy) is 1. The number of carbonyl (C=O) groups excluding carboxylic acids is 2. The lowest BCUT2D eigenvalue weighted by molar-refractivity contribution is -0.139. The van der Waals surface area contributed by atoms with E-state index in [1.165, 1.54) is 11.3 Å². The molecule has 1 atom stereocenters. The number of carbonyl (C=O) groups is 2. The molecular weight excluding hydrogens is 404 g/mol. The molecule has 158 valence electrons.